The molecule has 7 heteroatoms. The van der Waals surface area contributed by atoms with Gasteiger partial charge in [0.25, 0.3) is 5.91 Å². The second kappa shape index (κ2) is 11.8. The van der Waals surface area contributed by atoms with E-state index in [4.69, 9.17) is 27.9 Å². The van der Waals surface area contributed by atoms with Crippen LogP contribution in [-0.2, 0) is 16.1 Å². The topological polar surface area (TPSA) is 58.6 Å². The Morgan fingerprint density at radius 1 is 1.03 bits per heavy atom. The van der Waals surface area contributed by atoms with Crippen LogP contribution in [-0.4, -0.2) is 35.4 Å². The van der Waals surface area contributed by atoms with Crippen LogP contribution in [0.5, 0.6) is 5.75 Å². The van der Waals surface area contributed by atoms with Gasteiger partial charge in [0.2, 0.25) is 5.91 Å². The van der Waals surface area contributed by atoms with Gasteiger partial charge in [-0.1, -0.05) is 74.2 Å². The van der Waals surface area contributed by atoms with Crippen LogP contribution in [0.2, 0.25) is 10.0 Å². The molecule has 2 aromatic carbocycles. The van der Waals surface area contributed by atoms with Gasteiger partial charge in [-0.25, -0.2) is 0 Å². The first-order valence-corrected chi connectivity index (χ1v) is 12.3. The maximum atomic E-state index is 13.3. The van der Waals surface area contributed by atoms with Crippen LogP contribution < -0.4 is 10.1 Å². The number of amides is 2. The molecule has 1 saturated carbocycles. The lowest BCUT2D eigenvalue weighted by Crippen LogP contribution is -2.50. The summed E-state index contributed by atoms with van der Waals surface area (Å²) >= 11 is 12.7. The zero-order valence-electron chi connectivity index (χ0n) is 19.4. The van der Waals surface area contributed by atoms with Crippen LogP contribution in [0.1, 0.15) is 63.5 Å². The zero-order valence-corrected chi connectivity index (χ0v) is 21.0. The van der Waals surface area contributed by atoms with E-state index in [1.807, 2.05) is 24.3 Å². The number of hydrogen-bond donors (Lipinski definition) is 1. The highest BCUT2D eigenvalue weighted by Gasteiger charge is 2.30. The van der Waals surface area contributed by atoms with Gasteiger partial charge in [-0.05, 0) is 49.4 Å². The highest BCUT2D eigenvalue weighted by atomic mass is 35.5. The van der Waals surface area contributed by atoms with Crippen LogP contribution >= 0.6 is 23.2 Å². The van der Waals surface area contributed by atoms with Crippen molar-refractivity contribution >= 4 is 35.0 Å². The monoisotopic (exact) mass is 490 g/mol. The summed E-state index contributed by atoms with van der Waals surface area (Å²) in [6.07, 6.45) is 4.16. The van der Waals surface area contributed by atoms with Crippen molar-refractivity contribution < 1.29 is 14.3 Å². The first-order valence-electron chi connectivity index (χ1n) is 11.5. The number of benzene rings is 2. The summed E-state index contributed by atoms with van der Waals surface area (Å²) in [7, 11) is 0. The lowest BCUT2D eigenvalue weighted by Gasteiger charge is -2.30. The predicted molar refractivity (Wildman–Crippen MR) is 133 cm³/mol. The zero-order chi connectivity index (χ0) is 24.0. The molecule has 5 nitrogen and oxygen atoms in total. The Morgan fingerprint density at radius 2 is 1.67 bits per heavy atom. The molecular formula is C26H32Cl2N2O3. The van der Waals surface area contributed by atoms with Gasteiger partial charge >= 0.3 is 0 Å². The van der Waals surface area contributed by atoms with E-state index in [1.54, 1.807) is 25.1 Å². The smallest absolute Gasteiger partial charge is 0.261 e. The summed E-state index contributed by atoms with van der Waals surface area (Å²) in [6, 6.07) is 12.3. The number of carbonyl (C=O) groups excluding carboxylic acids is 2. The largest absolute Gasteiger partial charge is 0.483 e. The lowest BCUT2D eigenvalue weighted by molar-refractivity contribution is -0.142. The predicted octanol–water partition coefficient (Wildman–Crippen LogP) is 5.97. The van der Waals surface area contributed by atoms with Crippen molar-refractivity contribution in [1.29, 1.82) is 0 Å². The Bertz CT molecular complexity index is 954. The van der Waals surface area contributed by atoms with E-state index in [1.165, 1.54) is 4.90 Å². The number of para-hydroxylation sites is 1. The molecule has 0 spiro atoms. The van der Waals surface area contributed by atoms with Crippen LogP contribution in [0.15, 0.2) is 42.5 Å². The van der Waals surface area contributed by atoms with E-state index >= 15 is 0 Å². The second-order valence-electron chi connectivity index (χ2n) is 8.87. The van der Waals surface area contributed by atoms with E-state index < -0.39 is 6.04 Å². The number of carbonyl (C=O) groups is 2. The van der Waals surface area contributed by atoms with Gasteiger partial charge in [0.05, 0.1) is 0 Å². The third-order valence-corrected chi connectivity index (χ3v) is 6.86. The number of hydrogen-bond acceptors (Lipinski definition) is 3. The molecule has 178 valence electrons. The molecule has 0 aliphatic heterocycles. The van der Waals surface area contributed by atoms with Gasteiger partial charge in [0, 0.05) is 28.2 Å². The molecular weight excluding hydrogens is 459 g/mol. The number of nitrogens with zero attached hydrogens (tertiary/aromatic N) is 1. The van der Waals surface area contributed by atoms with Gasteiger partial charge in [0.1, 0.15) is 11.8 Å². The summed E-state index contributed by atoms with van der Waals surface area (Å²) in [5, 5.41) is 3.99. The van der Waals surface area contributed by atoms with Crippen molar-refractivity contribution in [3.8, 4) is 5.75 Å². The second-order valence-corrected chi connectivity index (χ2v) is 9.68. The van der Waals surface area contributed by atoms with Crippen LogP contribution in [0.25, 0.3) is 0 Å². The first kappa shape index (κ1) is 25.4. The molecule has 1 N–H and O–H groups in total. The van der Waals surface area contributed by atoms with Crippen LogP contribution in [0, 0.1) is 0 Å². The van der Waals surface area contributed by atoms with Crippen LogP contribution in [0.4, 0.5) is 0 Å². The molecule has 0 heterocycles. The van der Waals surface area contributed by atoms with E-state index in [2.05, 4.69) is 19.2 Å². The third-order valence-electron chi connectivity index (χ3n) is 6.15. The molecule has 2 aromatic rings. The number of halogens is 2. The van der Waals surface area contributed by atoms with Gasteiger partial charge in [-0.15, -0.1) is 0 Å². The Hall–Kier alpha value is -2.24. The van der Waals surface area contributed by atoms with Crippen molar-refractivity contribution in [3.63, 3.8) is 0 Å². The van der Waals surface area contributed by atoms with Crippen LogP contribution in [0.3, 0.4) is 0 Å². The molecule has 1 fully saturated rings. The SMILES string of the molecule is CC(C)c1ccccc1OCC(=O)N(Cc1c(Cl)cccc1Cl)[C@@H](C)C(=O)NC1CCCC1. The lowest BCUT2D eigenvalue weighted by atomic mass is 10.0. The molecule has 33 heavy (non-hydrogen) atoms. The number of nitrogens with one attached hydrogen (secondary N) is 1. The minimum absolute atomic E-state index is 0.117. The molecule has 0 bridgehead atoms. The molecule has 1 atom stereocenters. The standard InChI is InChI=1S/C26H32Cl2N2O3/c1-17(2)20-11-6-7-14-24(20)33-16-25(31)30(15-21-22(27)12-8-13-23(21)28)18(3)26(32)29-19-9-4-5-10-19/h6-8,11-14,17-19H,4-5,9-10,15-16H2,1-3H3,(H,29,32)/t18-/m0/s1. The summed E-state index contributed by atoms with van der Waals surface area (Å²) in [4.78, 5) is 27.8. The summed E-state index contributed by atoms with van der Waals surface area (Å²) in [6.45, 7) is 5.81. The first-order chi connectivity index (χ1) is 15.8. The van der Waals surface area contributed by atoms with Gasteiger partial charge in [-0.3, -0.25) is 9.59 Å². The third kappa shape index (κ3) is 6.64. The molecule has 2 amide bonds. The maximum Gasteiger partial charge on any atom is 0.261 e. The molecule has 1 aliphatic carbocycles. The van der Waals surface area contributed by atoms with Crippen molar-refractivity contribution in [1.82, 2.24) is 10.2 Å². The Balaban J connectivity index is 1.79. The normalized spacial score (nSPS) is 14.8. The molecule has 0 radical (unpaired) electrons. The number of ether oxygens (including phenoxy) is 1. The molecule has 3 rings (SSSR count). The summed E-state index contributed by atoms with van der Waals surface area (Å²) < 4.78 is 5.91. The van der Waals surface area contributed by atoms with Crippen molar-refractivity contribution in [3.05, 3.63) is 63.6 Å². The summed E-state index contributed by atoms with van der Waals surface area (Å²) in [5.41, 5.74) is 1.63. The van der Waals surface area contributed by atoms with Gasteiger partial charge in [0.15, 0.2) is 6.61 Å². The average Bonchev–Trinajstić information content (AvgIpc) is 3.30. The van der Waals surface area contributed by atoms with Crippen molar-refractivity contribution in [2.75, 3.05) is 6.61 Å². The average molecular weight is 491 g/mol. The van der Waals surface area contributed by atoms with E-state index in [9.17, 15) is 9.59 Å². The Labute approximate surface area is 206 Å². The van der Waals surface area contributed by atoms with Gasteiger partial charge in [-0.2, -0.15) is 0 Å². The molecule has 0 saturated heterocycles. The Morgan fingerprint density at radius 3 is 2.30 bits per heavy atom. The van der Waals surface area contributed by atoms with E-state index in [0.717, 1.165) is 31.2 Å². The van der Waals surface area contributed by atoms with Gasteiger partial charge < -0.3 is 15.0 Å². The minimum atomic E-state index is -0.700. The fourth-order valence-electron chi connectivity index (χ4n) is 4.14. The minimum Gasteiger partial charge on any atom is -0.483 e. The molecule has 1 aliphatic rings. The fourth-order valence-corrected chi connectivity index (χ4v) is 4.66. The quantitative estimate of drug-likeness (QED) is 0.470. The fraction of sp³-hybridized carbons (Fsp3) is 0.462. The highest BCUT2D eigenvalue weighted by Crippen LogP contribution is 2.28. The maximum absolute atomic E-state index is 13.3. The molecule has 0 unspecified atom stereocenters. The van der Waals surface area contributed by atoms with E-state index in [0.29, 0.717) is 21.4 Å². The van der Waals surface area contributed by atoms with Crippen molar-refractivity contribution in [2.45, 2.75) is 71.0 Å². The highest BCUT2D eigenvalue weighted by molar-refractivity contribution is 6.36. The molecule has 0 aromatic heterocycles. The van der Waals surface area contributed by atoms with Crippen molar-refractivity contribution in [2.24, 2.45) is 0 Å². The number of rotatable bonds is 9. The summed E-state index contributed by atoms with van der Waals surface area (Å²) in [5.74, 6) is 0.435. The Kier molecular flexibility index (Phi) is 9.04. The van der Waals surface area contributed by atoms with E-state index in [-0.39, 0.29) is 36.9 Å².